The molecule has 2 nitrogen and oxygen atoms in total. The summed E-state index contributed by atoms with van der Waals surface area (Å²) < 4.78 is 0.653. The van der Waals surface area contributed by atoms with Gasteiger partial charge >= 0.3 is 0 Å². The number of rotatable bonds is 1. The number of nitrogens with zero attached hydrogens (tertiary/aromatic N) is 1. The van der Waals surface area contributed by atoms with E-state index in [4.69, 9.17) is 23.8 Å². The molecule has 0 aromatic carbocycles. The molecule has 1 aliphatic rings. The van der Waals surface area contributed by atoms with Crippen molar-refractivity contribution in [2.24, 2.45) is 5.92 Å². The number of H-pyrrole nitrogens is 1. The smallest absolute Gasteiger partial charge is 0.110 e. The molecule has 4 heteroatoms. The number of aromatic nitrogens is 1. The van der Waals surface area contributed by atoms with Crippen molar-refractivity contribution < 1.29 is 0 Å². The summed E-state index contributed by atoms with van der Waals surface area (Å²) in [6.07, 6.45) is 4.08. The molecule has 1 aliphatic heterocycles. The fourth-order valence-corrected chi connectivity index (χ4v) is 2.45. The molecule has 0 aliphatic carbocycles. The molecule has 0 amide bonds. The monoisotopic (exact) mass is 280 g/mol. The molecule has 1 N–H and O–H groups in total. The predicted molar refractivity (Wildman–Crippen MR) is 78.4 cm³/mol. The van der Waals surface area contributed by atoms with Crippen molar-refractivity contribution in [2.45, 2.75) is 19.8 Å². The first-order valence-electron chi connectivity index (χ1n) is 6.31. The van der Waals surface area contributed by atoms with Gasteiger partial charge in [0.25, 0.3) is 0 Å². The largest absolute Gasteiger partial charge is 0.354 e. The second-order valence-corrected chi connectivity index (χ2v) is 5.33. The zero-order chi connectivity index (χ0) is 13.0. The molecule has 0 radical (unpaired) electrons. The highest BCUT2D eigenvalue weighted by atomic mass is 35.5. The fourth-order valence-electron chi connectivity index (χ4n) is 2.12. The van der Waals surface area contributed by atoms with Gasteiger partial charge < -0.3 is 9.88 Å². The van der Waals surface area contributed by atoms with E-state index in [1.54, 1.807) is 12.3 Å². The summed E-state index contributed by atoms with van der Waals surface area (Å²) >= 11 is 11.2. The molecule has 1 fully saturated rings. The van der Waals surface area contributed by atoms with Gasteiger partial charge in [-0.05, 0) is 44.5 Å². The summed E-state index contributed by atoms with van der Waals surface area (Å²) in [7, 11) is 0. The molecule has 1 aromatic rings. The first kappa shape index (κ1) is 13.6. The summed E-state index contributed by atoms with van der Waals surface area (Å²) in [6.45, 7) is 5.64. The van der Waals surface area contributed by atoms with Crippen LogP contribution in [0, 0.1) is 22.3 Å². The van der Waals surface area contributed by atoms with Gasteiger partial charge in [0.1, 0.15) is 5.69 Å². The zero-order valence-electron chi connectivity index (χ0n) is 10.5. The molecule has 1 saturated heterocycles. The molecule has 2 heterocycles. The van der Waals surface area contributed by atoms with Crippen molar-refractivity contribution in [1.82, 2.24) is 9.88 Å². The number of pyridine rings is 1. The Balaban J connectivity index is 2.05. The van der Waals surface area contributed by atoms with E-state index in [1.165, 1.54) is 0 Å². The molecule has 0 unspecified atom stereocenters. The van der Waals surface area contributed by atoms with E-state index < -0.39 is 0 Å². The van der Waals surface area contributed by atoms with Gasteiger partial charge in [-0.3, -0.25) is 0 Å². The summed E-state index contributed by atoms with van der Waals surface area (Å²) in [4.78, 5) is 5.51. The molecular formula is C14H17ClN2S. The first-order chi connectivity index (χ1) is 8.70. The molecule has 1 aromatic heterocycles. The number of hydrogen-bond donors (Lipinski definition) is 1. The Labute approximate surface area is 118 Å². The van der Waals surface area contributed by atoms with Gasteiger partial charge in [0.15, 0.2) is 0 Å². The van der Waals surface area contributed by atoms with Gasteiger partial charge in [-0.2, -0.15) is 0 Å². The highest BCUT2D eigenvalue weighted by molar-refractivity contribution is 7.71. The van der Waals surface area contributed by atoms with E-state index in [2.05, 4.69) is 28.6 Å². The van der Waals surface area contributed by atoms with E-state index in [9.17, 15) is 0 Å². The molecule has 0 saturated carbocycles. The Morgan fingerprint density at radius 1 is 1.50 bits per heavy atom. The standard InChI is InChI=1S/C14H17ClN2S/c1-2-17-9-6-11(7-10-17)3-4-12-14(15)13(18)5-8-16-12/h5,8,11H,2,6-7,9-10H2,1H3,(H,16,18). The van der Waals surface area contributed by atoms with Crippen molar-refractivity contribution in [3.05, 3.63) is 27.5 Å². The van der Waals surface area contributed by atoms with Gasteiger partial charge in [-0.15, -0.1) is 0 Å². The summed E-state index contributed by atoms with van der Waals surface area (Å²) in [5.74, 6) is 6.92. The SMILES string of the molecule is CCN1CCC(C#Cc2[nH]ccc(=S)c2Cl)CC1. The summed E-state index contributed by atoms with van der Waals surface area (Å²) in [5.41, 5.74) is 0.738. The molecule has 96 valence electrons. The van der Waals surface area contributed by atoms with Gasteiger partial charge in [-0.25, -0.2) is 0 Å². The van der Waals surface area contributed by atoms with Crippen LogP contribution in [-0.4, -0.2) is 29.5 Å². The Hall–Kier alpha value is -0.820. The van der Waals surface area contributed by atoms with Crippen molar-refractivity contribution >= 4 is 23.8 Å². The summed E-state index contributed by atoms with van der Waals surface area (Å²) in [6, 6.07) is 1.78. The van der Waals surface area contributed by atoms with Gasteiger partial charge in [0.05, 0.1) is 9.53 Å². The normalized spacial score (nSPS) is 17.2. The maximum Gasteiger partial charge on any atom is 0.110 e. The van der Waals surface area contributed by atoms with Gasteiger partial charge in [-0.1, -0.05) is 36.7 Å². The number of likely N-dealkylation sites (tertiary alicyclic amines) is 1. The number of piperidine rings is 1. The van der Waals surface area contributed by atoms with Crippen LogP contribution in [0.1, 0.15) is 25.5 Å². The number of nitrogens with one attached hydrogen (secondary N) is 1. The number of hydrogen-bond acceptors (Lipinski definition) is 2. The summed E-state index contributed by atoms with van der Waals surface area (Å²) in [5, 5.41) is 0.561. The lowest BCUT2D eigenvalue weighted by Gasteiger charge is -2.28. The highest BCUT2D eigenvalue weighted by Crippen LogP contribution is 2.17. The first-order valence-corrected chi connectivity index (χ1v) is 7.10. The van der Waals surface area contributed by atoms with Crippen molar-refractivity contribution in [3.8, 4) is 11.8 Å². The van der Waals surface area contributed by atoms with Crippen LogP contribution in [-0.2, 0) is 0 Å². The minimum absolute atomic E-state index is 0.478. The second kappa shape index (κ2) is 6.38. The molecule has 0 bridgehead atoms. The van der Waals surface area contributed by atoms with E-state index in [0.717, 1.165) is 38.2 Å². The molecule has 0 spiro atoms. The van der Waals surface area contributed by atoms with E-state index >= 15 is 0 Å². The van der Waals surface area contributed by atoms with E-state index in [1.807, 2.05) is 0 Å². The third-order valence-electron chi connectivity index (χ3n) is 3.33. The zero-order valence-corrected chi connectivity index (χ0v) is 12.1. The average molecular weight is 281 g/mol. The van der Waals surface area contributed by atoms with Crippen LogP contribution < -0.4 is 0 Å². The fraction of sp³-hybridized carbons (Fsp3) is 0.500. The van der Waals surface area contributed by atoms with E-state index in [-0.39, 0.29) is 0 Å². The van der Waals surface area contributed by atoms with Crippen LogP contribution in [0.3, 0.4) is 0 Å². The van der Waals surface area contributed by atoms with Crippen LogP contribution in [0.5, 0.6) is 0 Å². The average Bonchev–Trinajstić information content (AvgIpc) is 2.41. The van der Waals surface area contributed by atoms with Crippen molar-refractivity contribution in [1.29, 1.82) is 0 Å². The third kappa shape index (κ3) is 3.35. The third-order valence-corrected chi connectivity index (χ3v) is 4.18. The van der Waals surface area contributed by atoms with Crippen LogP contribution in [0.4, 0.5) is 0 Å². The molecule has 2 rings (SSSR count). The molecule has 18 heavy (non-hydrogen) atoms. The maximum absolute atomic E-state index is 6.11. The van der Waals surface area contributed by atoms with Gasteiger partial charge in [0.2, 0.25) is 0 Å². The Bertz CT molecular complexity index is 519. The minimum atomic E-state index is 0.478. The quantitative estimate of drug-likeness (QED) is 0.627. The van der Waals surface area contributed by atoms with Crippen LogP contribution in [0.25, 0.3) is 0 Å². The van der Waals surface area contributed by atoms with Gasteiger partial charge in [0, 0.05) is 12.1 Å². The topological polar surface area (TPSA) is 19.0 Å². The van der Waals surface area contributed by atoms with Crippen LogP contribution >= 0.6 is 23.8 Å². The second-order valence-electron chi connectivity index (χ2n) is 4.51. The molecule has 0 atom stereocenters. The van der Waals surface area contributed by atoms with Crippen LogP contribution in [0.2, 0.25) is 5.02 Å². The Morgan fingerprint density at radius 2 is 2.22 bits per heavy atom. The number of halogens is 1. The van der Waals surface area contributed by atoms with Crippen molar-refractivity contribution in [2.75, 3.05) is 19.6 Å². The minimum Gasteiger partial charge on any atom is -0.354 e. The maximum atomic E-state index is 6.11. The Kier molecular flexibility index (Phi) is 4.82. The predicted octanol–water partition coefficient (Wildman–Crippen LogP) is 3.48. The highest BCUT2D eigenvalue weighted by Gasteiger charge is 2.15. The lowest BCUT2D eigenvalue weighted by molar-refractivity contribution is 0.216. The van der Waals surface area contributed by atoms with Crippen molar-refractivity contribution in [3.63, 3.8) is 0 Å². The Morgan fingerprint density at radius 3 is 2.89 bits per heavy atom. The van der Waals surface area contributed by atoms with E-state index in [0.29, 0.717) is 15.5 Å². The lowest BCUT2D eigenvalue weighted by atomic mass is 9.97. The lowest BCUT2D eigenvalue weighted by Crippen LogP contribution is -2.32. The molecular weight excluding hydrogens is 264 g/mol. The number of aromatic amines is 1. The van der Waals surface area contributed by atoms with Crippen LogP contribution in [0.15, 0.2) is 12.3 Å².